The molecule has 2 amide bonds. The van der Waals surface area contributed by atoms with E-state index in [-0.39, 0.29) is 29.7 Å². The van der Waals surface area contributed by atoms with Gasteiger partial charge < -0.3 is 10.6 Å². The monoisotopic (exact) mass is 314 g/mol. The fourth-order valence-corrected chi connectivity index (χ4v) is 3.11. The van der Waals surface area contributed by atoms with Crippen molar-refractivity contribution >= 4 is 11.8 Å². The van der Waals surface area contributed by atoms with Crippen LogP contribution in [-0.4, -0.2) is 24.4 Å². The van der Waals surface area contributed by atoms with Crippen molar-refractivity contribution in [2.45, 2.75) is 39.2 Å². The number of benzene rings is 1. The molecule has 0 unspecified atom stereocenters. The van der Waals surface area contributed by atoms with Gasteiger partial charge in [-0.05, 0) is 36.7 Å². The van der Waals surface area contributed by atoms with Gasteiger partial charge in [-0.25, -0.2) is 0 Å². The van der Waals surface area contributed by atoms with Gasteiger partial charge in [0.1, 0.15) is 0 Å². The van der Waals surface area contributed by atoms with Crippen LogP contribution < -0.4 is 10.6 Å². The molecule has 0 aromatic heterocycles. The van der Waals surface area contributed by atoms with Gasteiger partial charge in [-0.3, -0.25) is 9.59 Å². The van der Waals surface area contributed by atoms with Crippen LogP contribution in [0.5, 0.6) is 0 Å². The van der Waals surface area contributed by atoms with Crippen molar-refractivity contribution in [1.82, 2.24) is 10.6 Å². The second-order valence-corrected chi connectivity index (χ2v) is 7.28. The van der Waals surface area contributed by atoms with Gasteiger partial charge in [0.15, 0.2) is 0 Å². The maximum Gasteiger partial charge on any atom is 0.223 e. The molecule has 5 atom stereocenters. The highest BCUT2D eigenvalue weighted by molar-refractivity contribution is 5.82. The van der Waals surface area contributed by atoms with Gasteiger partial charge in [-0.1, -0.05) is 44.2 Å². The molecule has 4 nitrogen and oxygen atoms in total. The Kier molecular flexibility index (Phi) is 4.69. The summed E-state index contributed by atoms with van der Waals surface area (Å²) < 4.78 is 0. The van der Waals surface area contributed by atoms with Crippen LogP contribution in [0.25, 0.3) is 0 Å². The van der Waals surface area contributed by atoms with Gasteiger partial charge in [0, 0.05) is 18.4 Å². The molecule has 3 rings (SSSR count). The lowest BCUT2D eigenvalue weighted by atomic mass is 10.1. The molecule has 2 N–H and O–H groups in total. The molecule has 1 aromatic rings. The predicted molar refractivity (Wildman–Crippen MR) is 89.6 cm³/mol. The molecule has 0 saturated heterocycles. The van der Waals surface area contributed by atoms with E-state index in [0.29, 0.717) is 18.4 Å². The summed E-state index contributed by atoms with van der Waals surface area (Å²) >= 11 is 0. The predicted octanol–water partition coefficient (Wildman–Crippen LogP) is 2.14. The molecule has 2 saturated carbocycles. The average Bonchev–Trinajstić information content (AvgIpc) is 3.44. The van der Waals surface area contributed by atoms with Crippen molar-refractivity contribution in [1.29, 1.82) is 0 Å². The number of hydrogen-bond donors (Lipinski definition) is 2. The van der Waals surface area contributed by atoms with E-state index in [9.17, 15) is 9.59 Å². The summed E-state index contributed by atoms with van der Waals surface area (Å²) in [7, 11) is 0. The molecular weight excluding hydrogens is 288 g/mol. The Labute approximate surface area is 138 Å². The van der Waals surface area contributed by atoms with Crippen LogP contribution in [-0.2, 0) is 16.0 Å². The summed E-state index contributed by atoms with van der Waals surface area (Å²) in [6.07, 6.45) is 2.71. The van der Waals surface area contributed by atoms with Gasteiger partial charge in [-0.2, -0.15) is 0 Å². The fraction of sp³-hybridized carbons (Fsp3) is 0.579. The molecule has 0 spiro atoms. The maximum absolute atomic E-state index is 12.2. The Balaban J connectivity index is 1.55. The van der Waals surface area contributed by atoms with E-state index in [1.54, 1.807) is 0 Å². The van der Waals surface area contributed by atoms with Gasteiger partial charge in [0.25, 0.3) is 0 Å². The van der Waals surface area contributed by atoms with E-state index in [1.165, 1.54) is 5.56 Å². The third-order valence-corrected chi connectivity index (χ3v) is 5.09. The lowest BCUT2D eigenvalue weighted by molar-refractivity contribution is -0.125. The molecular formula is C19H26N2O2. The summed E-state index contributed by atoms with van der Waals surface area (Å²) in [4.78, 5) is 24.3. The number of nitrogens with one attached hydrogen (secondary N) is 2. The van der Waals surface area contributed by atoms with Crippen LogP contribution in [0.4, 0.5) is 0 Å². The van der Waals surface area contributed by atoms with Gasteiger partial charge >= 0.3 is 0 Å². The Hall–Kier alpha value is -1.84. The SMILES string of the molecule is C[C@@H]1C[C@@H]1C(=O)NC[C@H](Cc1ccccc1)NC(=O)[C@@H]1C[C@@H]1C. The van der Waals surface area contributed by atoms with E-state index in [4.69, 9.17) is 0 Å². The summed E-state index contributed by atoms with van der Waals surface area (Å²) in [5.41, 5.74) is 1.18. The van der Waals surface area contributed by atoms with Crippen molar-refractivity contribution in [3.8, 4) is 0 Å². The van der Waals surface area contributed by atoms with Crippen molar-refractivity contribution < 1.29 is 9.59 Å². The van der Waals surface area contributed by atoms with E-state index in [1.807, 2.05) is 18.2 Å². The van der Waals surface area contributed by atoms with Gasteiger partial charge in [0.2, 0.25) is 11.8 Å². The summed E-state index contributed by atoms with van der Waals surface area (Å²) in [6, 6.07) is 10.1. The highest BCUT2D eigenvalue weighted by Crippen LogP contribution is 2.38. The molecule has 1 aromatic carbocycles. The first kappa shape index (κ1) is 16.0. The quantitative estimate of drug-likeness (QED) is 0.810. The number of amides is 2. The Morgan fingerprint density at radius 3 is 2.17 bits per heavy atom. The van der Waals surface area contributed by atoms with Crippen LogP contribution >= 0.6 is 0 Å². The van der Waals surface area contributed by atoms with Crippen molar-refractivity contribution in [3.05, 3.63) is 35.9 Å². The van der Waals surface area contributed by atoms with E-state index in [2.05, 4.69) is 36.6 Å². The van der Waals surface area contributed by atoms with Crippen LogP contribution in [0.1, 0.15) is 32.3 Å². The van der Waals surface area contributed by atoms with Crippen LogP contribution in [0.3, 0.4) is 0 Å². The topological polar surface area (TPSA) is 58.2 Å². The zero-order valence-electron chi connectivity index (χ0n) is 13.9. The van der Waals surface area contributed by atoms with Crippen molar-refractivity contribution in [2.75, 3.05) is 6.54 Å². The average molecular weight is 314 g/mol. The van der Waals surface area contributed by atoms with Crippen molar-refractivity contribution in [2.24, 2.45) is 23.7 Å². The summed E-state index contributed by atoms with van der Waals surface area (Å²) in [5.74, 6) is 1.59. The molecule has 2 aliphatic carbocycles. The summed E-state index contributed by atoms with van der Waals surface area (Å²) in [6.45, 7) is 4.71. The molecule has 0 aliphatic heterocycles. The lowest BCUT2D eigenvalue weighted by Gasteiger charge is -2.20. The Bertz CT molecular complexity index is 572. The third kappa shape index (κ3) is 4.34. The molecule has 23 heavy (non-hydrogen) atoms. The smallest absolute Gasteiger partial charge is 0.223 e. The third-order valence-electron chi connectivity index (χ3n) is 5.09. The lowest BCUT2D eigenvalue weighted by Crippen LogP contribution is -2.46. The number of hydrogen-bond acceptors (Lipinski definition) is 2. The number of carbonyl (C=O) groups excluding carboxylic acids is 2. The molecule has 0 heterocycles. The number of rotatable bonds is 7. The zero-order valence-corrected chi connectivity index (χ0v) is 13.9. The zero-order chi connectivity index (χ0) is 16.4. The highest BCUT2D eigenvalue weighted by Gasteiger charge is 2.40. The standard InChI is InChI=1S/C19H26N2O2/c1-12-8-16(12)18(22)20-11-15(10-14-6-4-3-5-7-14)21-19(23)17-9-13(17)2/h3-7,12-13,15-17H,8-11H2,1-2H3,(H,20,22)(H,21,23)/t12-,13+,15+,16+,17-/m1/s1. The molecule has 2 aliphatic rings. The first-order valence-electron chi connectivity index (χ1n) is 8.66. The highest BCUT2D eigenvalue weighted by atomic mass is 16.2. The van der Waals surface area contributed by atoms with Crippen LogP contribution in [0, 0.1) is 23.7 Å². The van der Waals surface area contributed by atoms with Crippen LogP contribution in [0.2, 0.25) is 0 Å². The maximum atomic E-state index is 12.2. The van der Waals surface area contributed by atoms with E-state index >= 15 is 0 Å². The van der Waals surface area contributed by atoms with Gasteiger partial charge in [0.05, 0.1) is 6.04 Å². The minimum Gasteiger partial charge on any atom is -0.354 e. The Morgan fingerprint density at radius 1 is 1.04 bits per heavy atom. The molecule has 124 valence electrons. The minimum atomic E-state index is -0.0456. The molecule has 2 fully saturated rings. The molecule has 4 heteroatoms. The van der Waals surface area contributed by atoms with E-state index < -0.39 is 0 Å². The normalized spacial score (nSPS) is 29.5. The van der Waals surface area contributed by atoms with Gasteiger partial charge in [-0.15, -0.1) is 0 Å². The fourth-order valence-electron chi connectivity index (χ4n) is 3.11. The Morgan fingerprint density at radius 2 is 1.61 bits per heavy atom. The minimum absolute atomic E-state index is 0.0456. The van der Waals surface area contributed by atoms with Crippen LogP contribution in [0.15, 0.2) is 30.3 Å². The molecule has 0 radical (unpaired) electrons. The number of carbonyl (C=O) groups is 2. The summed E-state index contributed by atoms with van der Waals surface area (Å²) in [5, 5.41) is 6.15. The second kappa shape index (κ2) is 6.73. The van der Waals surface area contributed by atoms with Crippen molar-refractivity contribution in [3.63, 3.8) is 0 Å². The van der Waals surface area contributed by atoms with E-state index in [0.717, 1.165) is 19.3 Å². The first-order valence-corrected chi connectivity index (χ1v) is 8.66. The largest absolute Gasteiger partial charge is 0.354 e. The first-order chi connectivity index (χ1) is 11.0. The molecule has 0 bridgehead atoms. The second-order valence-electron chi connectivity index (χ2n) is 7.28.